The fraction of sp³-hybridized carbons (Fsp3) is 0.533. The lowest BCUT2D eigenvalue weighted by Crippen LogP contribution is -2.28. The van der Waals surface area contributed by atoms with Crippen molar-refractivity contribution in [1.82, 2.24) is 4.90 Å². The Balaban J connectivity index is 1.78. The second kappa shape index (κ2) is 6.01. The lowest BCUT2D eigenvalue weighted by atomic mass is 9.89. The number of likely N-dealkylation sites (tertiary alicyclic amines) is 1. The third-order valence-corrected chi connectivity index (χ3v) is 5.24. The predicted octanol–water partition coefficient (Wildman–Crippen LogP) is 0.560. The average molecular weight is 341 g/mol. The van der Waals surface area contributed by atoms with Gasteiger partial charge in [-0.05, 0) is 17.7 Å². The lowest BCUT2D eigenvalue weighted by Gasteiger charge is -2.16. The number of hydrogen-bond acceptors (Lipinski definition) is 6. The number of nitrogens with zero attached hydrogens (tertiary/aromatic N) is 1. The van der Waals surface area contributed by atoms with Crippen LogP contribution in [0.1, 0.15) is 11.5 Å². The molecule has 1 aromatic rings. The van der Waals surface area contributed by atoms with Crippen LogP contribution in [-0.4, -0.2) is 62.8 Å². The quantitative estimate of drug-likeness (QED) is 0.836. The van der Waals surface area contributed by atoms with E-state index in [1.807, 2.05) is 17.0 Å². The largest absolute Gasteiger partial charge is 0.481 e. The summed E-state index contributed by atoms with van der Waals surface area (Å²) in [6, 6.07) is 5.47. The Labute approximate surface area is 134 Å². The van der Waals surface area contributed by atoms with Crippen LogP contribution in [0.5, 0.6) is 11.5 Å². The Kier molecular flexibility index (Phi) is 4.20. The molecule has 0 spiro atoms. The maximum Gasteiger partial charge on any atom is 0.308 e. The number of aliphatic carboxylic acids is 1. The summed E-state index contributed by atoms with van der Waals surface area (Å²) < 4.78 is 33.2. The third kappa shape index (κ3) is 3.59. The van der Waals surface area contributed by atoms with Crippen molar-refractivity contribution in [3.8, 4) is 11.5 Å². The zero-order chi connectivity index (χ0) is 16.6. The maximum absolute atomic E-state index is 11.6. The molecule has 0 amide bonds. The summed E-state index contributed by atoms with van der Waals surface area (Å²) in [5, 5.41) is 9.48. The zero-order valence-electron chi connectivity index (χ0n) is 12.8. The fourth-order valence-electron chi connectivity index (χ4n) is 3.09. The minimum atomic E-state index is -3.07. The van der Waals surface area contributed by atoms with Crippen molar-refractivity contribution in [2.24, 2.45) is 5.92 Å². The number of carbonyl (C=O) groups is 1. The van der Waals surface area contributed by atoms with E-state index in [4.69, 9.17) is 9.47 Å². The molecule has 0 radical (unpaired) electrons. The van der Waals surface area contributed by atoms with Crippen LogP contribution in [-0.2, 0) is 14.6 Å². The smallest absolute Gasteiger partial charge is 0.308 e. The zero-order valence-corrected chi connectivity index (χ0v) is 13.6. The van der Waals surface area contributed by atoms with E-state index in [1.54, 1.807) is 6.07 Å². The van der Waals surface area contributed by atoms with Crippen molar-refractivity contribution in [2.75, 3.05) is 38.4 Å². The first-order valence-corrected chi connectivity index (χ1v) is 9.42. The number of ether oxygens (including phenoxy) is 2. The molecule has 0 bridgehead atoms. The summed E-state index contributed by atoms with van der Waals surface area (Å²) in [5.41, 5.74) is 0.878. The molecule has 1 N–H and O–H groups in total. The molecule has 2 aliphatic heterocycles. The highest BCUT2D eigenvalue weighted by Crippen LogP contribution is 2.39. The first-order valence-electron chi connectivity index (χ1n) is 7.36. The van der Waals surface area contributed by atoms with E-state index in [0.29, 0.717) is 31.1 Å². The van der Waals surface area contributed by atoms with Gasteiger partial charge in [-0.1, -0.05) is 6.07 Å². The predicted molar refractivity (Wildman–Crippen MR) is 82.6 cm³/mol. The van der Waals surface area contributed by atoms with E-state index < -0.39 is 21.7 Å². The number of carboxylic acids is 1. The van der Waals surface area contributed by atoms with Crippen molar-refractivity contribution in [1.29, 1.82) is 0 Å². The normalized spacial score (nSPS) is 24.0. The molecule has 1 saturated heterocycles. The molecule has 0 saturated carbocycles. The third-order valence-electron chi connectivity index (χ3n) is 4.32. The summed E-state index contributed by atoms with van der Waals surface area (Å²) in [6.07, 6.45) is 1.19. The van der Waals surface area contributed by atoms with Gasteiger partial charge in [-0.2, -0.15) is 0 Å². The highest BCUT2D eigenvalue weighted by Gasteiger charge is 2.39. The Morgan fingerprint density at radius 1 is 1.30 bits per heavy atom. The van der Waals surface area contributed by atoms with Gasteiger partial charge in [0.05, 0.1) is 11.7 Å². The van der Waals surface area contributed by atoms with Crippen molar-refractivity contribution in [2.45, 2.75) is 5.92 Å². The van der Waals surface area contributed by atoms with Crippen molar-refractivity contribution >= 4 is 15.8 Å². The molecule has 1 fully saturated rings. The molecule has 2 heterocycles. The van der Waals surface area contributed by atoms with Crippen LogP contribution in [0, 0.1) is 5.92 Å². The molecule has 0 aliphatic carbocycles. The SMILES string of the molecule is CS(=O)(=O)CCN1C[C@H](C(=O)O)[C@@H](c2ccc3c(c2)OCO3)C1. The molecule has 0 unspecified atom stereocenters. The van der Waals surface area contributed by atoms with Gasteiger partial charge in [0.15, 0.2) is 11.5 Å². The molecule has 23 heavy (non-hydrogen) atoms. The van der Waals surface area contributed by atoms with E-state index in [0.717, 1.165) is 5.56 Å². The molecule has 8 heteroatoms. The van der Waals surface area contributed by atoms with Crippen molar-refractivity contribution in [3.63, 3.8) is 0 Å². The molecular formula is C15H19NO6S. The average Bonchev–Trinajstić information content (AvgIpc) is 3.10. The standard InChI is InChI=1S/C15H19NO6S/c1-23(19,20)5-4-16-7-11(12(8-16)15(17)18)10-2-3-13-14(6-10)22-9-21-13/h2-3,6,11-12H,4-5,7-9H2,1H3,(H,17,18)/t11-,12+/m1/s1. The highest BCUT2D eigenvalue weighted by atomic mass is 32.2. The topological polar surface area (TPSA) is 93.1 Å². The summed E-state index contributed by atoms with van der Waals surface area (Å²) in [6.45, 7) is 1.39. The van der Waals surface area contributed by atoms with Gasteiger partial charge in [-0.15, -0.1) is 0 Å². The number of rotatable bonds is 5. The number of benzene rings is 1. The molecule has 2 aliphatic rings. The van der Waals surface area contributed by atoms with Crippen LogP contribution >= 0.6 is 0 Å². The lowest BCUT2D eigenvalue weighted by molar-refractivity contribution is -0.141. The van der Waals surface area contributed by atoms with Gasteiger partial charge in [0.2, 0.25) is 6.79 Å². The molecule has 1 aromatic carbocycles. The van der Waals surface area contributed by atoms with E-state index in [9.17, 15) is 18.3 Å². The monoisotopic (exact) mass is 341 g/mol. The van der Waals surface area contributed by atoms with Gasteiger partial charge in [0.1, 0.15) is 9.84 Å². The molecular weight excluding hydrogens is 322 g/mol. The number of carboxylic acid groups (broad SMARTS) is 1. The second-order valence-corrected chi connectivity index (χ2v) is 8.31. The second-order valence-electron chi connectivity index (χ2n) is 6.05. The van der Waals surface area contributed by atoms with Crippen LogP contribution in [0.4, 0.5) is 0 Å². The van der Waals surface area contributed by atoms with Gasteiger partial charge in [-0.25, -0.2) is 8.42 Å². The van der Waals surface area contributed by atoms with Gasteiger partial charge in [0, 0.05) is 31.8 Å². The number of hydrogen-bond donors (Lipinski definition) is 1. The minimum Gasteiger partial charge on any atom is -0.481 e. The number of fused-ring (bicyclic) bond motifs is 1. The van der Waals surface area contributed by atoms with Gasteiger partial charge in [0.25, 0.3) is 0 Å². The first kappa shape index (κ1) is 16.1. The molecule has 7 nitrogen and oxygen atoms in total. The van der Waals surface area contributed by atoms with Crippen LogP contribution in [0.15, 0.2) is 18.2 Å². The van der Waals surface area contributed by atoms with E-state index >= 15 is 0 Å². The summed E-state index contributed by atoms with van der Waals surface area (Å²) >= 11 is 0. The van der Waals surface area contributed by atoms with E-state index in [1.165, 1.54) is 6.26 Å². The Morgan fingerprint density at radius 2 is 2.04 bits per heavy atom. The van der Waals surface area contributed by atoms with Crippen LogP contribution < -0.4 is 9.47 Å². The maximum atomic E-state index is 11.6. The van der Waals surface area contributed by atoms with Crippen LogP contribution in [0.2, 0.25) is 0 Å². The summed E-state index contributed by atoms with van der Waals surface area (Å²) in [5.74, 6) is -0.299. The number of sulfone groups is 1. The summed E-state index contributed by atoms with van der Waals surface area (Å²) in [7, 11) is -3.07. The molecule has 126 valence electrons. The van der Waals surface area contributed by atoms with Gasteiger partial charge >= 0.3 is 5.97 Å². The summed E-state index contributed by atoms with van der Waals surface area (Å²) in [4.78, 5) is 13.5. The molecule has 2 atom stereocenters. The Morgan fingerprint density at radius 3 is 2.74 bits per heavy atom. The minimum absolute atomic E-state index is 0.0349. The first-order chi connectivity index (χ1) is 10.8. The van der Waals surface area contributed by atoms with E-state index in [-0.39, 0.29) is 18.5 Å². The molecule has 0 aromatic heterocycles. The molecule has 3 rings (SSSR count). The van der Waals surface area contributed by atoms with E-state index in [2.05, 4.69) is 0 Å². The Hall–Kier alpha value is -1.80. The van der Waals surface area contributed by atoms with Gasteiger partial charge in [-0.3, -0.25) is 4.79 Å². The van der Waals surface area contributed by atoms with Gasteiger partial charge < -0.3 is 19.5 Å². The van der Waals surface area contributed by atoms with Crippen molar-refractivity contribution in [3.05, 3.63) is 23.8 Å². The highest BCUT2D eigenvalue weighted by molar-refractivity contribution is 7.90. The van der Waals surface area contributed by atoms with Crippen LogP contribution in [0.25, 0.3) is 0 Å². The fourth-order valence-corrected chi connectivity index (χ4v) is 3.68. The Bertz CT molecular complexity index is 717. The van der Waals surface area contributed by atoms with Crippen LogP contribution in [0.3, 0.4) is 0 Å². The van der Waals surface area contributed by atoms with Crippen molar-refractivity contribution < 1.29 is 27.8 Å².